The Bertz CT molecular complexity index is 134. The Morgan fingerprint density at radius 3 is 2.50 bits per heavy atom. The SMILES string of the molecule is CC[C+](C)C(=O)OCCN(C)C. The first kappa shape index (κ1) is 11.3. The lowest BCUT2D eigenvalue weighted by Gasteiger charge is -2.08. The molecule has 70 valence electrons. The van der Waals surface area contributed by atoms with Gasteiger partial charge < -0.3 is 9.64 Å². The van der Waals surface area contributed by atoms with Gasteiger partial charge >= 0.3 is 5.97 Å². The monoisotopic (exact) mass is 172 g/mol. The molecule has 3 heteroatoms. The Kier molecular flexibility index (Phi) is 5.54. The van der Waals surface area contributed by atoms with E-state index in [9.17, 15) is 4.79 Å². The van der Waals surface area contributed by atoms with Crippen LogP contribution in [0, 0.1) is 5.92 Å². The molecule has 0 amide bonds. The molecule has 0 atom stereocenters. The second kappa shape index (κ2) is 5.89. The molecule has 0 heterocycles. The molecule has 3 nitrogen and oxygen atoms in total. The zero-order valence-corrected chi connectivity index (χ0v) is 8.39. The van der Waals surface area contributed by atoms with Crippen LogP contribution < -0.4 is 0 Å². The molecule has 0 saturated carbocycles. The third-order valence-corrected chi connectivity index (χ3v) is 1.65. The van der Waals surface area contributed by atoms with Gasteiger partial charge in [0.25, 0.3) is 0 Å². The fourth-order valence-corrected chi connectivity index (χ4v) is 0.588. The van der Waals surface area contributed by atoms with E-state index < -0.39 is 0 Å². The van der Waals surface area contributed by atoms with Gasteiger partial charge in [0.1, 0.15) is 6.61 Å². The number of hydrogen-bond acceptors (Lipinski definition) is 3. The maximum absolute atomic E-state index is 11.1. The summed E-state index contributed by atoms with van der Waals surface area (Å²) in [5.74, 6) is 0.619. The fraction of sp³-hybridized carbons (Fsp3) is 0.778. The molecule has 0 unspecified atom stereocenters. The van der Waals surface area contributed by atoms with Crippen molar-refractivity contribution in [1.29, 1.82) is 0 Å². The first-order valence-electron chi connectivity index (χ1n) is 4.22. The highest BCUT2D eigenvalue weighted by Crippen LogP contribution is 2.05. The molecule has 0 aliphatic carbocycles. The minimum atomic E-state index is -0.167. The van der Waals surface area contributed by atoms with Gasteiger partial charge in [0.2, 0.25) is 5.92 Å². The van der Waals surface area contributed by atoms with Gasteiger partial charge in [-0.2, -0.15) is 4.79 Å². The lowest BCUT2D eigenvalue weighted by molar-refractivity contribution is -0.141. The van der Waals surface area contributed by atoms with Crippen molar-refractivity contribution in [3.05, 3.63) is 5.92 Å². The van der Waals surface area contributed by atoms with Crippen LogP contribution in [0.15, 0.2) is 0 Å². The molecule has 0 radical (unpaired) electrons. The lowest BCUT2D eigenvalue weighted by atomic mass is 10.1. The molecule has 0 N–H and O–H groups in total. The molecule has 0 aromatic rings. The highest BCUT2D eigenvalue weighted by Gasteiger charge is 2.24. The molecule has 0 saturated heterocycles. The Balaban J connectivity index is 3.44. The zero-order valence-electron chi connectivity index (χ0n) is 8.39. The van der Waals surface area contributed by atoms with E-state index in [1.165, 1.54) is 0 Å². The van der Waals surface area contributed by atoms with E-state index in [1.807, 2.05) is 25.9 Å². The molecule has 0 fully saturated rings. The van der Waals surface area contributed by atoms with Gasteiger partial charge in [-0.3, -0.25) is 0 Å². The smallest absolute Gasteiger partial charge is 0.428 e. The molecule has 0 aliphatic heterocycles. The van der Waals surface area contributed by atoms with E-state index in [1.54, 1.807) is 6.92 Å². The molecule has 0 aromatic carbocycles. The minimum absolute atomic E-state index is 0.167. The van der Waals surface area contributed by atoms with Crippen molar-refractivity contribution in [3.8, 4) is 0 Å². The number of carbonyl (C=O) groups excluding carboxylic acids is 1. The average Bonchev–Trinajstić information content (AvgIpc) is 2.02. The number of carbonyl (C=O) groups is 1. The molecule has 0 bridgehead atoms. The van der Waals surface area contributed by atoms with Crippen LogP contribution in [-0.2, 0) is 9.53 Å². The van der Waals surface area contributed by atoms with Crippen LogP contribution in [0.4, 0.5) is 0 Å². The van der Waals surface area contributed by atoms with E-state index >= 15 is 0 Å². The van der Waals surface area contributed by atoms with Crippen LogP contribution in [-0.4, -0.2) is 38.1 Å². The highest BCUT2D eigenvalue weighted by atomic mass is 16.5. The van der Waals surface area contributed by atoms with Gasteiger partial charge in [-0.05, 0) is 21.0 Å². The normalized spacial score (nSPS) is 10.1. The zero-order chi connectivity index (χ0) is 9.56. The van der Waals surface area contributed by atoms with Gasteiger partial charge in [-0.25, -0.2) is 0 Å². The summed E-state index contributed by atoms with van der Waals surface area (Å²) in [5.41, 5.74) is 0. The minimum Gasteiger partial charge on any atom is -0.428 e. The van der Waals surface area contributed by atoms with Crippen molar-refractivity contribution in [2.75, 3.05) is 27.2 Å². The summed E-state index contributed by atoms with van der Waals surface area (Å²) in [6, 6.07) is 0. The highest BCUT2D eigenvalue weighted by molar-refractivity contribution is 5.83. The lowest BCUT2D eigenvalue weighted by Crippen LogP contribution is -2.21. The predicted octanol–water partition coefficient (Wildman–Crippen LogP) is 1.10. The summed E-state index contributed by atoms with van der Waals surface area (Å²) in [5, 5.41) is 0. The largest absolute Gasteiger partial charge is 0.498 e. The second-order valence-corrected chi connectivity index (χ2v) is 3.07. The summed E-state index contributed by atoms with van der Waals surface area (Å²) >= 11 is 0. The van der Waals surface area contributed by atoms with Crippen molar-refractivity contribution >= 4 is 5.97 Å². The molecule has 12 heavy (non-hydrogen) atoms. The topological polar surface area (TPSA) is 29.5 Å². The third-order valence-electron chi connectivity index (χ3n) is 1.65. The number of rotatable bonds is 5. The average molecular weight is 172 g/mol. The van der Waals surface area contributed by atoms with Crippen LogP contribution in [0.5, 0.6) is 0 Å². The predicted molar refractivity (Wildman–Crippen MR) is 48.7 cm³/mol. The van der Waals surface area contributed by atoms with Crippen LogP contribution >= 0.6 is 0 Å². The van der Waals surface area contributed by atoms with E-state index in [0.29, 0.717) is 6.61 Å². The maximum Gasteiger partial charge on any atom is 0.498 e. The summed E-state index contributed by atoms with van der Waals surface area (Å²) in [7, 11) is 3.90. The molecular formula is C9H18NO2+. The number of hydrogen-bond donors (Lipinski definition) is 0. The van der Waals surface area contributed by atoms with E-state index in [4.69, 9.17) is 4.74 Å². The van der Waals surface area contributed by atoms with Gasteiger partial charge in [0, 0.05) is 6.54 Å². The number of nitrogens with zero attached hydrogens (tertiary/aromatic N) is 1. The van der Waals surface area contributed by atoms with Crippen molar-refractivity contribution in [3.63, 3.8) is 0 Å². The van der Waals surface area contributed by atoms with Crippen molar-refractivity contribution in [1.82, 2.24) is 4.90 Å². The fourth-order valence-electron chi connectivity index (χ4n) is 0.588. The van der Waals surface area contributed by atoms with Crippen LogP contribution in [0.3, 0.4) is 0 Å². The quantitative estimate of drug-likeness (QED) is 0.459. The van der Waals surface area contributed by atoms with Crippen LogP contribution in [0.2, 0.25) is 0 Å². The Morgan fingerprint density at radius 1 is 1.50 bits per heavy atom. The second-order valence-electron chi connectivity index (χ2n) is 3.07. The van der Waals surface area contributed by atoms with Gasteiger partial charge in [0.15, 0.2) is 0 Å². The Labute approximate surface area is 74.7 Å². The van der Waals surface area contributed by atoms with Crippen molar-refractivity contribution in [2.24, 2.45) is 0 Å². The summed E-state index contributed by atoms with van der Waals surface area (Å²) in [4.78, 5) is 13.1. The van der Waals surface area contributed by atoms with E-state index in [2.05, 4.69) is 0 Å². The van der Waals surface area contributed by atoms with Gasteiger partial charge in [-0.15, -0.1) is 0 Å². The van der Waals surface area contributed by atoms with E-state index in [-0.39, 0.29) is 5.97 Å². The first-order chi connectivity index (χ1) is 5.57. The number of esters is 1. The summed E-state index contributed by atoms with van der Waals surface area (Å²) in [6.07, 6.45) is 0.765. The van der Waals surface area contributed by atoms with Gasteiger partial charge in [-0.1, -0.05) is 0 Å². The van der Waals surface area contributed by atoms with Gasteiger partial charge in [0.05, 0.1) is 13.3 Å². The van der Waals surface area contributed by atoms with Crippen molar-refractivity contribution < 1.29 is 9.53 Å². The van der Waals surface area contributed by atoms with Crippen molar-refractivity contribution in [2.45, 2.75) is 20.3 Å². The summed E-state index contributed by atoms with van der Waals surface area (Å²) in [6.45, 7) is 5.01. The van der Waals surface area contributed by atoms with E-state index in [0.717, 1.165) is 18.9 Å². The maximum atomic E-state index is 11.1. The molecule has 0 rings (SSSR count). The van der Waals surface area contributed by atoms with Crippen LogP contribution in [0.25, 0.3) is 0 Å². The number of likely N-dealkylation sites (N-methyl/N-ethyl adjacent to an activating group) is 1. The first-order valence-corrected chi connectivity index (χ1v) is 4.22. The Morgan fingerprint density at radius 2 is 2.08 bits per heavy atom. The Hall–Kier alpha value is -0.700. The molecular weight excluding hydrogens is 154 g/mol. The third kappa shape index (κ3) is 5.02. The summed E-state index contributed by atoms with van der Waals surface area (Å²) < 4.78 is 4.99. The number of ether oxygens (including phenoxy) is 1. The molecule has 0 aliphatic rings. The molecule has 0 spiro atoms. The van der Waals surface area contributed by atoms with Crippen LogP contribution in [0.1, 0.15) is 20.3 Å². The molecule has 0 aromatic heterocycles. The standard InChI is InChI=1S/C9H18NO2/c1-5-8(2)9(11)12-7-6-10(3)4/h5-7H2,1-4H3/q+1.